The average Bonchev–Trinajstić information content (AvgIpc) is 2.16. The van der Waals surface area contributed by atoms with Gasteiger partial charge < -0.3 is 9.84 Å². The van der Waals surface area contributed by atoms with Crippen LogP contribution in [0.4, 0.5) is 0 Å². The van der Waals surface area contributed by atoms with E-state index in [9.17, 15) is 5.11 Å². The largest absolute Gasteiger partial charge is 0.390 e. The Morgan fingerprint density at radius 3 is 2.64 bits per heavy atom. The molecule has 2 nitrogen and oxygen atoms in total. The van der Waals surface area contributed by atoms with E-state index in [0.29, 0.717) is 0 Å². The molecule has 1 rings (SSSR count). The summed E-state index contributed by atoms with van der Waals surface area (Å²) in [5.41, 5.74) is 0. The molecule has 0 radical (unpaired) electrons. The Hall–Kier alpha value is -0.0800. The first-order valence-corrected chi connectivity index (χ1v) is 5.94. The van der Waals surface area contributed by atoms with Crippen molar-refractivity contribution in [1.29, 1.82) is 0 Å². The molecule has 14 heavy (non-hydrogen) atoms. The predicted octanol–water partition coefficient (Wildman–Crippen LogP) is 2.60. The average molecular weight is 200 g/mol. The van der Waals surface area contributed by atoms with Crippen LogP contribution in [0.2, 0.25) is 0 Å². The van der Waals surface area contributed by atoms with Crippen molar-refractivity contribution < 1.29 is 9.84 Å². The van der Waals surface area contributed by atoms with E-state index in [1.165, 1.54) is 0 Å². The van der Waals surface area contributed by atoms with Gasteiger partial charge in [0.15, 0.2) is 0 Å². The maximum Gasteiger partial charge on any atom is 0.0836 e. The number of rotatable bonds is 4. The lowest BCUT2D eigenvalue weighted by molar-refractivity contribution is -0.0758. The Labute approximate surface area is 87.7 Å². The minimum Gasteiger partial charge on any atom is -0.390 e. The van der Waals surface area contributed by atoms with Crippen molar-refractivity contribution in [3.8, 4) is 0 Å². The third kappa shape index (κ3) is 3.25. The molecule has 1 N–H and O–H groups in total. The van der Waals surface area contributed by atoms with Crippen molar-refractivity contribution in [2.45, 2.75) is 58.7 Å². The van der Waals surface area contributed by atoms with E-state index in [-0.39, 0.29) is 12.2 Å². The van der Waals surface area contributed by atoms with Gasteiger partial charge in [0.2, 0.25) is 0 Å². The molecule has 0 saturated heterocycles. The van der Waals surface area contributed by atoms with Crippen molar-refractivity contribution in [1.82, 2.24) is 0 Å². The Kier molecular flexibility index (Phi) is 4.90. The van der Waals surface area contributed by atoms with Gasteiger partial charge in [-0.05, 0) is 37.5 Å². The quantitative estimate of drug-likeness (QED) is 0.756. The second-order valence-corrected chi connectivity index (χ2v) is 4.79. The van der Waals surface area contributed by atoms with Gasteiger partial charge in [-0.25, -0.2) is 0 Å². The second kappa shape index (κ2) is 5.72. The van der Waals surface area contributed by atoms with Crippen molar-refractivity contribution >= 4 is 0 Å². The van der Waals surface area contributed by atoms with Crippen molar-refractivity contribution in [2.75, 3.05) is 6.61 Å². The number of aliphatic hydroxyl groups excluding tert-OH is 1. The van der Waals surface area contributed by atoms with Gasteiger partial charge in [0.1, 0.15) is 0 Å². The van der Waals surface area contributed by atoms with E-state index in [0.717, 1.165) is 44.1 Å². The number of hydrogen-bond donors (Lipinski definition) is 1. The van der Waals surface area contributed by atoms with Crippen LogP contribution in [-0.4, -0.2) is 23.9 Å². The Morgan fingerprint density at radius 1 is 1.36 bits per heavy atom. The molecule has 0 aliphatic heterocycles. The van der Waals surface area contributed by atoms with Crippen LogP contribution in [0.5, 0.6) is 0 Å². The first-order chi connectivity index (χ1) is 6.65. The van der Waals surface area contributed by atoms with Crippen LogP contribution in [0.15, 0.2) is 0 Å². The van der Waals surface area contributed by atoms with E-state index in [1.54, 1.807) is 0 Å². The summed E-state index contributed by atoms with van der Waals surface area (Å²) in [6.07, 6.45) is 4.02. The fourth-order valence-corrected chi connectivity index (χ4v) is 2.20. The number of hydrogen-bond acceptors (Lipinski definition) is 2. The molecule has 0 aromatic heterocycles. The summed E-state index contributed by atoms with van der Waals surface area (Å²) in [5.74, 6) is 1.45. The minimum atomic E-state index is -0.225. The zero-order valence-corrected chi connectivity index (χ0v) is 9.70. The Bertz CT molecular complexity index is 156. The van der Waals surface area contributed by atoms with Gasteiger partial charge in [0, 0.05) is 6.61 Å². The van der Waals surface area contributed by atoms with Gasteiger partial charge in [-0.3, -0.25) is 0 Å². The molecule has 0 bridgehead atoms. The molecule has 0 aromatic rings. The monoisotopic (exact) mass is 200 g/mol. The molecule has 1 fully saturated rings. The van der Waals surface area contributed by atoms with Crippen molar-refractivity contribution in [3.05, 3.63) is 0 Å². The molecule has 0 spiro atoms. The summed E-state index contributed by atoms with van der Waals surface area (Å²) < 4.78 is 5.67. The second-order valence-electron chi connectivity index (χ2n) is 4.79. The maximum absolute atomic E-state index is 9.77. The lowest BCUT2D eigenvalue weighted by Crippen LogP contribution is -2.37. The summed E-state index contributed by atoms with van der Waals surface area (Å²) in [7, 11) is 0. The summed E-state index contributed by atoms with van der Waals surface area (Å²) in [4.78, 5) is 0. The van der Waals surface area contributed by atoms with E-state index < -0.39 is 0 Å². The topological polar surface area (TPSA) is 29.5 Å². The SMILES string of the molecule is CCCOC1CC(C(C)C)CCC1O. The molecule has 3 unspecified atom stereocenters. The Balaban J connectivity index is 2.38. The fraction of sp³-hybridized carbons (Fsp3) is 1.00. The highest BCUT2D eigenvalue weighted by Gasteiger charge is 2.30. The molecule has 3 atom stereocenters. The zero-order chi connectivity index (χ0) is 10.6. The van der Waals surface area contributed by atoms with E-state index >= 15 is 0 Å². The van der Waals surface area contributed by atoms with Crippen molar-refractivity contribution in [3.63, 3.8) is 0 Å². The van der Waals surface area contributed by atoms with Crippen LogP contribution >= 0.6 is 0 Å². The summed E-state index contributed by atoms with van der Waals surface area (Å²) in [6, 6.07) is 0. The number of ether oxygens (including phenoxy) is 1. The number of aliphatic hydroxyl groups is 1. The molecule has 84 valence electrons. The van der Waals surface area contributed by atoms with E-state index in [2.05, 4.69) is 20.8 Å². The molecular formula is C12H24O2. The smallest absolute Gasteiger partial charge is 0.0836 e. The zero-order valence-electron chi connectivity index (χ0n) is 9.70. The van der Waals surface area contributed by atoms with Gasteiger partial charge in [-0.15, -0.1) is 0 Å². The van der Waals surface area contributed by atoms with E-state index in [4.69, 9.17) is 4.74 Å². The maximum atomic E-state index is 9.77. The highest BCUT2D eigenvalue weighted by molar-refractivity contribution is 4.81. The van der Waals surface area contributed by atoms with Crippen LogP contribution in [0, 0.1) is 11.8 Å². The van der Waals surface area contributed by atoms with Crippen LogP contribution < -0.4 is 0 Å². The third-order valence-electron chi connectivity index (χ3n) is 3.28. The third-order valence-corrected chi connectivity index (χ3v) is 3.28. The normalized spacial score (nSPS) is 33.6. The lowest BCUT2D eigenvalue weighted by Gasteiger charge is -2.35. The molecular weight excluding hydrogens is 176 g/mol. The van der Waals surface area contributed by atoms with Gasteiger partial charge in [0.05, 0.1) is 12.2 Å². The van der Waals surface area contributed by atoms with Gasteiger partial charge in [0.25, 0.3) is 0 Å². The van der Waals surface area contributed by atoms with Gasteiger partial charge >= 0.3 is 0 Å². The van der Waals surface area contributed by atoms with Crippen LogP contribution in [0.3, 0.4) is 0 Å². The minimum absolute atomic E-state index is 0.0936. The molecule has 0 heterocycles. The molecule has 1 aliphatic rings. The highest BCUT2D eigenvalue weighted by atomic mass is 16.5. The van der Waals surface area contributed by atoms with Crippen LogP contribution in [0.25, 0.3) is 0 Å². The molecule has 0 aromatic carbocycles. The summed E-state index contributed by atoms with van der Waals surface area (Å²) in [5, 5.41) is 9.77. The fourth-order valence-electron chi connectivity index (χ4n) is 2.20. The van der Waals surface area contributed by atoms with Gasteiger partial charge in [-0.2, -0.15) is 0 Å². The van der Waals surface area contributed by atoms with Gasteiger partial charge in [-0.1, -0.05) is 20.8 Å². The predicted molar refractivity (Wildman–Crippen MR) is 58.2 cm³/mol. The molecule has 2 heteroatoms. The summed E-state index contributed by atoms with van der Waals surface area (Å²) in [6.45, 7) is 7.42. The highest BCUT2D eigenvalue weighted by Crippen LogP contribution is 2.31. The molecule has 1 aliphatic carbocycles. The lowest BCUT2D eigenvalue weighted by atomic mass is 9.79. The first kappa shape index (κ1) is 12.0. The van der Waals surface area contributed by atoms with Crippen molar-refractivity contribution in [2.24, 2.45) is 11.8 Å². The standard InChI is InChI=1S/C12H24O2/c1-4-7-14-12-8-10(9(2)3)5-6-11(12)13/h9-13H,4-8H2,1-3H3. The summed E-state index contributed by atoms with van der Waals surface area (Å²) >= 11 is 0. The first-order valence-electron chi connectivity index (χ1n) is 5.94. The van der Waals surface area contributed by atoms with Crippen LogP contribution in [0.1, 0.15) is 46.5 Å². The Morgan fingerprint density at radius 2 is 2.07 bits per heavy atom. The molecule has 0 amide bonds. The van der Waals surface area contributed by atoms with Crippen LogP contribution in [-0.2, 0) is 4.74 Å². The van der Waals surface area contributed by atoms with E-state index in [1.807, 2.05) is 0 Å². The molecule has 1 saturated carbocycles.